The molecule has 0 saturated heterocycles. The predicted octanol–water partition coefficient (Wildman–Crippen LogP) is 2.94. The minimum absolute atomic E-state index is 0.144. The minimum atomic E-state index is -0.296. The van der Waals surface area contributed by atoms with E-state index in [1.165, 1.54) is 7.11 Å². The third kappa shape index (κ3) is 3.08. The Bertz CT molecular complexity index is 1290. The van der Waals surface area contributed by atoms with Crippen LogP contribution in [-0.2, 0) is 6.54 Å². The lowest BCUT2D eigenvalue weighted by Crippen LogP contribution is -2.22. The van der Waals surface area contributed by atoms with Crippen LogP contribution in [0.2, 0.25) is 0 Å². The molecule has 0 unspecified atom stereocenters. The molecule has 0 aliphatic heterocycles. The lowest BCUT2D eigenvalue weighted by molar-refractivity contribution is 0.102. The molecule has 2 aromatic carbocycles. The summed E-state index contributed by atoms with van der Waals surface area (Å²) in [7, 11) is 3.09. The Balaban J connectivity index is 1.75. The zero-order valence-corrected chi connectivity index (χ0v) is 16.3. The number of methoxy groups -OCH3 is 2. The molecule has 0 radical (unpaired) electrons. The van der Waals surface area contributed by atoms with Crippen molar-refractivity contribution in [1.29, 1.82) is 0 Å². The largest absolute Gasteiger partial charge is 0.493 e. The van der Waals surface area contributed by atoms with Gasteiger partial charge in [-0.25, -0.2) is 4.52 Å². The Kier molecular flexibility index (Phi) is 4.67. The highest BCUT2D eigenvalue weighted by molar-refractivity contribution is 6.06. The van der Waals surface area contributed by atoms with Crippen molar-refractivity contribution in [3.05, 3.63) is 64.6 Å². The van der Waals surface area contributed by atoms with E-state index in [9.17, 15) is 9.59 Å². The van der Waals surface area contributed by atoms with Gasteiger partial charge in [0.1, 0.15) is 5.52 Å². The molecule has 0 aliphatic carbocycles. The number of benzene rings is 2. The van der Waals surface area contributed by atoms with E-state index in [1.54, 1.807) is 64.9 Å². The first kappa shape index (κ1) is 18.5. The number of ether oxygens (including phenoxy) is 2. The third-order valence-electron chi connectivity index (χ3n) is 4.82. The second-order valence-electron chi connectivity index (χ2n) is 6.41. The minimum Gasteiger partial charge on any atom is -0.493 e. The number of amides is 1. The number of rotatable bonds is 5. The third-order valence-corrected chi connectivity index (χ3v) is 4.82. The fourth-order valence-electron chi connectivity index (χ4n) is 3.40. The smallest absolute Gasteiger partial charge is 0.277 e. The Hall–Kier alpha value is -3.81. The van der Waals surface area contributed by atoms with Crippen LogP contribution in [0, 0.1) is 0 Å². The number of nitrogens with zero attached hydrogens (tertiary/aromatic N) is 3. The standard InChI is InChI=1S/C21H20N4O4/c1-4-24-17-11-13(5-7-15(17)25-16(21(24)27)9-10-22-25)20(26)23-14-6-8-18(28-2)19(12-14)29-3/h5-12H,4H2,1-3H3,(H,23,26). The summed E-state index contributed by atoms with van der Waals surface area (Å²) < 4.78 is 13.7. The van der Waals surface area contributed by atoms with Gasteiger partial charge in [0.15, 0.2) is 11.5 Å². The molecule has 8 nitrogen and oxygen atoms in total. The van der Waals surface area contributed by atoms with Gasteiger partial charge in [-0.3, -0.25) is 9.59 Å². The molecule has 4 rings (SSSR count). The summed E-state index contributed by atoms with van der Waals surface area (Å²) >= 11 is 0. The van der Waals surface area contributed by atoms with E-state index < -0.39 is 0 Å². The van der Waals surface area contributed by atoms with Crippen LogP contribution < -0.4 is 20.3 Å². The lowest BCUT2D eigenvalue weighted by Gasteiger charge is -2.13. The Morgan fingerprint density at radius 1 is 1.00 bits per heavy atom. The van der Waals surface area contributed by atoms with Gasteiger partial charge in [-0.05, 0) is 43.3 Å². The molecule has 1 amide bonds. The molecule has 0 saturated carbocycles. The van der Waals surface area contributed by atoms with Crippen molar-refractivity contribution >= 4 is 28.1 Å². The van der Waals surface area contributed by atoms with Gasteiger partial charge in [0.2, 0.25) is 0 Å². The number of aryl methyl sites for hydroxylation is 1. The molecular formula is C21H20N4O4. The fraction of sp³-hybridized carbons (Fsp3) is 0.190. The second kappa shape index (κ2) is 7.31. The Labute approximate surface area is 166 Å². The van der Waals surface area contributed by atoms with E-state index in [0.717, 1.165) is 5.52 Å². The lowest BCUT2D eigenvalue weighted by atomic mass is 10.1. The van der Waals surface area contributed by atoms with Gasteiger partial charge < -0.3 is 19.4 Å². The maximum absolute atomic E-state index is 12.8. The van der Waals surface area contributed by atoms with Gasteiger partial charge in [-0.1, -0.05) is 0 Å². The number of nitrogens with one attached hydrogen (secondary N) is 1. The maximum Gasteiger partial charge on any atom is 0.277 e. The molecule has 0 bridgehead atoms. The predicted molar refractivity (Wildman–Crippen MR) is 110 cm³/mol. The first-order chi connectivity index (χ1) is 14.1. The average molecular weight is 392 g/mol. The SMILES string of the molecule is CCn1c(=O)c2ccnn2c2ccc(C(=O)Nc3ccc(OC)c(OC)c3)cc21. The van der Waals surface area contributed by atoms with Crippen LogP contribution in [0.25, 0.3) is 16.6 Å². The molecule has 148 valence electrons. The highest BCUT2D eigenvalue weighted by Crippen LogP contribution is 2.30. The molecular weight excluding hydrogens is 372 g/mol. The molecule has 0 aliphatic rings. The van der Waals surface area contributed by atoms with Crippen molar-refractivity contribution in [3.63, 3.8) is 0 Å². The molecule has 1 N–H and O–H groups in total. The van der Waals surface area contributed by atoms with Crippen LogP contribution in [0.5, 0.6) is 11.5 Å². The van der Waals surface area contributed by atoms with Crippen LogP contribution in [0.15, 0.2) is 53.5 Å². The van der Waals surface area contributed by atoms with Crippen molar-refractivity contribution in [3.8, 4) is 11.5 Å². The van der Waals surface area contributed by atoms with E-state index in [-0.39, 0.29) is 11.5 Å². The van der Waals surface area contributed by atoms with E-state index in [2.05, 4.69) is 10.4 Å². The zero-order valence-electron chi connectivity index (χ0n) is 16.3. The topological polar surface area (TPSA) is 86.9 Å². The molecule has 0 atom stereocenters. The van der Waals surface area contributed by atoms with E-state index in [0.29, 0.717) is 40.3 Å². The summed E-state index contributed by atoms with van der Waals surface area (Å²) in [6, 6.07) is 12.0. The number of fused-ring (bicyclic) bond motifs is 3. The van der Waals surface area contributed by atoms with Crippen LogP contribution in [-0.4, -0.2) is 34.3 Å². The second-order valence-corrected chi connectivity index (χ2v) is 6.41. The summed E-state index contributed by atoms with van der Waals surface area (Å²) in [6.45, 7) is 2.38. The van der Waals surface area contributed by atoms with E-state index >= 15 is 0 Å². The number of aromatic nitrogens is 3. The number of anilines is 1. The number of hydrogen-bond donors (Lipinski definition) is 1. The summed E-state index contributed by atoms with van der Waals surface area (Å²) in [5.41, 5.74) is 2.77. The normalized spacial score (nSPS) is 11.0. The highest BCUT2D eigenvalue weighted by Gasteiger charge is 2.14. The molecule has 0 fully saturated rings. The molecule has 4 aromatic rings. The fourth-order valence-corrected chi connectivity index (χ4v) is 3.40. The van der Waals surface area contributed by atoms with Crippen LogP contribution in [0.3, 0.4) is 0 Å². The van der Waals surface area contributed by atoms with Crippen LogP contribution in [0.4, 0.5) is 5.69 Å². The van der Waals surface area contributed by atoms with Crippen molar-refractivity contribution in [2.24, 2.45) is 0 Å². The first-order valence-corrected chi connectivity index (χ1v) is 9.11. The van der Waals surface area contributed by atoms with Gasteiger partial charge >= 0.3 is 0 Å². The van der Waals surface area contributed by atoms with Gasteiger partial charge in [0.05, 0.1) is 31.4 Å². The summed E-state index contributed by atoms with van der Waals surface area (Å²) in [6.07, 6.45) is 1.59. The maximum atomic E-state index is 12.8. The van der Waals surface area contributed by atoms with Gasteiger partial charge in [-0.2, -0.15) is 5.10 Å². The van der Waals surface area contributed by atoms with Gasteiger partial charge in [-0.15, -0.1) is 0 Å². The van der Waals surface area contributed by atoms with Crippen molar-refractivity contribution in [1.82, 2.24) is 14.2 Å². The molecule has 0 spiro atoms. The van der Waals surface area contributed by atoms with Crippen LogP contribution >= 0.6 is 0 Å². The first-order valence-electron chi connectivity index (χ1n) is 9.11. The molecule has 2 aromatic heterocycles. The van der Waals surface area contributed by atoms with Gasteiger partial charge in [0, 0.05) is 23.9 Å². The average Bonchev–Trinajstić information content (AvgIpc) is 3.24. The van der Waals surface area contributed by atoms with Crippen molar-refractivity contribution < 1.29 is 14.3 Å². The molecule has 2 heterocycles. The number of carbonyl (C=O) groups excluding carboxylic acids is 1. The van der Waals surface area contributed by atoms with E-state index in [1.807, 2.05) is 6.92 Å². The number of hydrogen-bond acceptors (Lipinski definition) is 5. The van der Waals surface area contributed by atoms with Crippen LogP contribution in [0.1, 0.15) is 17.3 Å². The Morgan fingerprint density at radius 3 is 2.52 bits per heavy atom. The van der Waals surface area contributed by atoms with E-state index in [4.69, 9.17) is 9.47 Å². The monoisotopic (exact) mass is 392 g/mol. The zero-order chi connectivity index (χ0) is 20.5. The summed E-state index contributed by atoms with van der Waals surface area (Å²) in [5.74, 6) is 0.797. The molecule has 8 heteroatoms. The summed E-state index contributed by atoms with van der Waals surface area (Å²) in [4.78, 5) is 25.5. The number of carbonyl (C=O) groups is 1. The van der Waals surface area contributed by atoms with Crippen molar-refractivity contribution in [2.75, 3.05) is 19.5 Å². The highest BCUT2D eigenvalue weighted by atomic mass is 16.5. The summed E-state index contributed by atoms with van der Waals surface area (Å²) in [5, 5.41) is 7.09. The Morgan fingerprint density at radius 2 is 1.79 bits per heavy atom. The quantitative estimate of drug-likeness (QED) is 0.564. The van der Waals surface area contributed by atoms with Gasteiger partial charge in [0.25, 0.3) is 11.5 Å². The van der Waals surface area contributed by atoms with Crippen molar-refractivity contribution in [2.45, 2.75) is 13.5 Å². The molecule has 29 heavy (non-hydrogen) atoms.